The molecule has 0 saturated carbocycles. The molecule has 0 atom stereocenters. The first kappa shape index (κ1) is 13.4. The van der Waals surface area contributed by atoms with Gasteiger partial charge in [-0.1, -0.05) is 6.92 Å². The number of amides is 1. The van der Waals surface area contributed by atoms with E-state index in [-0.39, 0.29) is 25.7 Å². The van der Waals surface area contributed by atoms with Crippen LogP contribution in [0.2, 0.25) is 0 Å². The first-order chi connectivity index (χ1) is 6.81. The highest BCUT2D eigenvalue weighted by molar-refractivity contribution is 5.77. The number of ether oxygens (including phenoxy) is 2. The van der Waals surface area contributed by atoms with Crippen molar-refractivity contribution in [3.63, 3.8) is 0 Å². The second kappa shape index (κ2) is 10.4. The van der Waals surface area contributed by atoms with E-state index in [0.29, 0.717) is 13.2 Å². The highest BCUT2D eigenvalue weighted by Crippen LogP contribution is 1.81. The molecule has 5 nitrogen and oxygen atoms in total. The molecule has 1 amide bonds. The normalized spacial score (nSPS) is 10.1. The fourth-order valence-electron chi connectivity index (χ4n) is 0.775. The minimum atomic E-state index is -0.213. The van der Waals surface area contributed by atoms with Crippen LogP contribution >= 0.6 is 0 Å². The Bertz CT molecular complexity index is 141. The van der Waals surface area contributed by atoms with E-state index in [1.165, 1.54) is 0 Å². The van der Waals surface area contributed by atoms with Crippen molar-refractivity contribution in [1.82, 2.24) is 5.32 Å². The molecule has 0 aliphatic carbocycles. The van der Waals surface area contributed by atoms with Gasteiger partial charge in [0.15, 0.2) is 0 Å². The molecule has 0 unspecified atom stereocenters. The van der Waals surface area contributed by atoms with E-state index < -0.39 is 0 Å². The number of carbonyl (C=O) groups is 1. The Kier molecular flexibility index (Phi) is 9.95. The van der Waals surface area contributed by atoms with Crippen molar-refractivity contribution < 1.29 is 19.4 Å². The molecule has 5 heteroatoms. The molecule has 0 heterocycles. The van der Waals surface area contributed by atoms with Crippen molar-refractivity contribution in [3.05, 3.63) is 0 Å². The molecular formula is C9H19NO4. The van der Waals surface area contributed by atoms with E-state index in [2.05, 4.69) is 5.32 Å². The van der Waals surface area contributed by atoms with Crippen LogP contribution in [0.25, 0.3) is 0 Å². The van der Waals surface area contributed by atoms with Crippen molar-refractivity contribution >= 4 is 5.91 Å². The molecule has 0 saturated heterocycles. The van der Waals surface area contributed by atoms with Crippen LogP contribution < -0.4 is 5.32 Å². The largest absolute Gasteiger partial charge is 0.395 e. The smallest absolute Gasteiger partial charge is 0.246 e. The van der Waals surface area contributed by atoms with E-state index >= 15 is 0 Å². The van der Waals surface area contributed by atoms with Crippen molar-refractivity contribution in [3.8, 4) is 0 Å². The Morgan fingerprint density at radius 1 is 1.29 bits per heavy atom. The second-order valence-corrected chi connectivity index (χ2v) is 2.74. The van der Waals surface area contributed by atoms with E-state index in [1.54, 1.807) is 0 Å². The molecule has 0 aliphatic heterocycles. The molecule has 0 spiro atoms. The maximum absolute atomic E-state index is 10.9. The van der Waals surface area contributed by atoms with Gasteiger partial charge in [0.1, 0.15) is 6.61 Å². The Labute approximate surface area is 84.4 Å². The third kappa shape index (κ3) is 9.44. The van der Waals surface area contributed by atoms with Crippen LogP contribution in [0.1, 0.15) is 13.3 Å². The van der Waals surface area contributed by atoms with Gasteiger partial charge in [0.2, 0.25) is 5.91 Å². The molecule has 0 aliphatic rings. The number of carbonyl (C=O) groups excluding carboxylic acids is 1. The average molecular weight is 205 g/mol. The molecule has 0 radical (unpaired) electrons. The Balaban J connectivity index is 3.07. The number of hydrogen-bond acceptors (Lipinski definition) is 4. The van der Waals surface area contributed by atoms with Gasteiger partial charge in [-0.05, 0) is 6.42 Å². The maximum atomic E-state index is 10.9. The van der Waals surface area contributed by atoms with Crippen LogP contribution in [0.3, 0.4) is 0 Å². The van der Waals surface area contributed by atoms with Gasteiger partial charge in [0, 0.05) is 13.2 Å². The number of hydrogen-bond donors (Lipinski definition) is 2. The molecule has 0 aromatic rings. The van der Waals surface area contributed by atoms with Crippen LogP contribution in [0.4, 0.5) is 0 Å². The summed E-state index contributed by atoms with van der Waals surface area (Å²) < 4.78 is 10.2. The lowest BCUT2D eigenvalue weighted by atomic mass is 10.5. The second-order valence-electron chi connectivity index (χ2n) is 2.74. The van der Waals surface area contributed by atoms with E-state index in [9.17, 15) is 4.79 Å². The van der Waals surface area contributed by atoms with Crippen molar-refractivity contribution in [2.45, 2.75) is 13.3 Å². The average Bonchev–Trinajstić information content (AvgIpc) is 2.20. The van der Waals surface area contributed by atoms with E-state index in [4.69, 9.17) is 14.6 Å². The standard InChI is InChI=1S/C9H19NO4/c1-2-5-13-6-7-14-8-9(12)10-3-4-11/h11H,2-8H2,1H3,(H,10,12). The molecule has 2 N–H and O–H groups in total. The highest BCUT2D eigenvalue weighted by atomic mass is 16.5. The zero-order chi connectivity index (χ0) is 10.6. The summed E-state index contributed by atoms with van der Waals surface area (Å²) in [6.07, 6.45) is 0.983. The quantitative estimate of drug-likeness (QED) is 0.500. The predicted octanol–water partition coefficient (Wildman–Crippen LogP) is -0.462. The summed E-state index contributed by atoms with van der Waals surface area (Å²) in [5, 5.41) is 10.9. The number of rotatable bonds is 9. The molecule has 0 bridgehead atoms. The summed E-state index contributed by atoms with van der Waals surface area (Å²) in [6.45, 7) is 3.94. The molecule has 0 rings (SSSR count). The topological polar surface area (TPSA) is 67.8 Å². The first-order valence-electron chi connectivity index (χ1n) is 4.84. The summed E-state index contributed by atoms with van der Waals surface area (Å²) in [4.78, 5) is 10.9. The van der Waals surface area contributed by atoms with Gasteiger partial charge in [-0.15, -0.1) is 0 Å². The lowest BCUT2D eigenvalue weighted by Gasteiger charge is -2.05. The first-order valence-corrected chi connectivity index (χ1v) is 4.84. The zero-order valence-corrected chi connectivity index (χ0v) is 8.62. The van der Waals surface area contributed by atoms with Crippen LogP contribution in [-0.2, 0) is 14.3 Å². The van der Waals surface area contributed by atoms with Gasteiger partial charge < -0.3 is 19.9 Å². The molecule has 84 valence electrons. The van der Waals surface area contributed by atoms with Gasteiger partial charge >= 0.3 is 0 Å². The SMILES string of the molecule is CCCOCCOCC(=O)NCCO. The lowest BCUT2D eigenvalue weighted by molar-refractivity contribution is -0.126. The summed E-state index contributed by atoms with van der Waals surface area (Å²) in [7, 11) is 0. The van der Waals surface area contributed by atoms with Crippen LogP contribution in [0.5, 0.6) is 0 Å². The van der Waals surface area contributed by atoms with Gasteiger partial charge in [0.25, 0.3) is 0 Å². The fraction of sp³-hybridized carbons (Fsp3) is 0.889. The molecule has 0 fully saturated rings. The molecule has 0 aromatic heterocycles. The van der Waals surface area contributed by atoms with E-state index in [0.717, 1.165) is 13.0 Å². The maximum Gasteiger partial charge on any atom is 0.246 e. The summed E-state index contributed by atoms with van der Waals surface area (Å²) >= 11 is 0. The third-order valence-electron chi connectivity index (χ3n) is 1.39. The van der Waals surface area contributed by atoms with Gasteiger partial charge in [-0.25, -0.2) is 0 Å². The van der Waals surface area contributed by atoms with Gasteiger partial charge in [0.05, 0.1) is 19.8 Å². The number of aliphatic hydroxyl groups excluding tert-OH is 1. The van der Waals surface area contributed by atoms with E-state index in [1.807, 2.05) is 6.92 Å². The van der Waals surface area contributed by atoms with Gasteiger partial charge in [-0.3, -0.25) is 4.79 Å². The summed E-state index contributed by atoms with van der Waals surface area (Å²) in [6, 6.07) is 0. The monoisotopic (exact) mass is 205 g/mol. The summed E-state index contributed by atoms with van der Waals surface area (Å²) in [5.74, 6) is -0.213. The molecule has 14 heavy (non-hydrogen) atoms. The Morgan fingerprint density at radius 2 is 2.00 bits per heavy atom. The summed E-state index contributed by atoms with van der Waals surface area (Å²) in [5.41, 5.74) is 0. The highest BCUT2D eigenvalue weighted by Gasteiger charge is 1.98. The Hall–Kier alpha value is -0.650. The number of aliphatic hydroxyl groups is 1. The lowest BCUT2D eigenvalue weighted by Crippen LogP contribution is -2.30. The van der Waals surface area contributed by atoms with Crippen molar-refractivity contribution in [2.24, 2.45) is 0 Å². The van der Waals surface area contributed by atoms with Crippen LogP contribution in [-0.4, -0.2) is 50.6 Å². The fourth-order valence-corrected chi connectivity index (χ4v) is 0.775. The third-order valence-corrected chi connectivity index (χ3v) is 1.39. The number of nitrogens with one attached hydrogen (secondary N) is 1. The van der Waals surface area contributed by atoms with Crippen LogP contribution in [0, 0.1) is 0 Å². The zero-order valence-electron chi connectivity index (χ0n) is 8.62. The minimum absolute atomic E-state index is 0.0233. The minimum Gasteiger partial charge on any atom is -0.395 e. The molecule has 0 aromatic carbocycles. The molecular weight excluding hydrogens is 186 g/mol. The van der Waals surface area contributed by atoms with Crippen molar-refractivity contribution in [1.29, 1.82) is 0 Å². The van der Waals surface area contributed by atoms with Crippen molar-refractivity contribution in [2.75, 3.05) is 39.6 Å². The van der Waals surface area contributed by atoms with Gasteiger partial charge in [-0.2, -0.15) is 0 Å². The predicted molar refractivity (Wildman–Crippen MR) is 52.0 cm³/mol. The van der Waals surface area contributed by atoms with Crippen LogP contribution in [0.15, 0.2) is 0 Å². The Morgan fingerprint density at radius 3 is 2.64 bits per heavy atom.